The highest BCUT2D eigenvalue weighted by Gasteiger charge is 2.26. The van der Waals surface area contributed by atoms with E-state index < -0.39 is 0 Å². The van der Waals surface area contributed by atoms with Crippen LogP contribution in [0.1, 0.15) is 38.3 Å². The molecule has 0 radical (unpaired) electrons. The van der Waals surface area contributed by atoms with E-state index in [2.05, 4.69) is 0 Å². The predicted octanol–water partition coefficient (Wildman–Crippen LogP) is 3.49. The quantitative estimate of drug-likeness (QED) is 0.905. The number of rotatable bonds is 5. The Labute approximate surface area is 118 Å². The Bertz CT molecular complexity index is 636. The molecule has 1 aliphatic carbocycles. The summed E-state index contributed by atoms with van der Waals surface area (Å²) >= 11 is 0. The summed E-state index contributed by atoms with van der Waals surface area (Å²) in [7, 11) is 0. The summed E-state index contributed by atoms with van der Waals surface area (Å²) in [5.41, 5.74) is 8.86. The number of nitrogen functional groups attached to an aromatic ring is 1. The van der Waals surface area contributed by atoms with Crippen molar-refractivity contribution in [3.8, 4) is 11.5 Å². The topological polar surface area (TPSA) is 57.4 Å². The number of fused-ring (bicyclic) bond motifs is 1. The summed E-state index contributed by atoms with van der Waals surface area (Å²) in [5.74, 6) is 2.12. The van der Waals surface area contributed by atoms with Gasteiger partial charge in [0.15, 0.2) is 0 Å². The normalized spacial score (nSPS) is 14.5. The van der Waals surface area contributed by atoms with E-state index in [9.17, 15) is 0 Å². The fraction of sp³-hybridized carbons (Fsp3) is 0.438. The maximum atomic E-state index is 6.24. The maximum absolute atomic E-state index is 6.24. The van der Waals surface area contributed by atoms with Crippen LogP contribution >= 0.6 is 0 Å². The summed E-state index contributed by atoms with van der Waals surface area (Å²) in [5, 5.41) is 0.863. The number of aromatic nitrogens is 1. The third-order valence-electron chi connectivity index (χ3n) is 3.53. The molecule has 1 aromatic carbocycles. The van der Waals surface area contributed by atoms with E-state index in [1.807, 2.05) is 32.0 Å². The fourth-order valence-corrected chi connectivity index (χ4v) is 2.47. The minimum Gasteiger partial charge on any atom is -0.493 e. The van der Waals surface area contributed by atoms with Crippen LogP contribution in [-0.2, 0) is 0 Å². The number of nitrogens with two attached hydrogens (primary N) is 1. The van der Waals surface area contributed by atoms with Crippen LogP contribution in [0.3, 0.4) is 0 Å². The number of anilines is 1. The molecule has 2 aromatic rings. The van der Waals surface area contributed by atoms with E-state index in [-0.39, 0.29) is 0 Å². The Morgan fingerprint density at radius 1 is 1.15 bits per heavy atom. The average molecular weight is 272 g/mol. The Morgan fingerprint density at radius 3 is 2.45 bits per heavy atom. The maximum Gasteiger partial charge on any atom is 0.145 e. The lowest BCUT2D eigenvalue weighted by Crippen LogP contribution is -2.01. The summed E-state index contributed by atoms with van der Waals surface area (Å²) in [6.45, 7) is 5.14. The van der Waals surface area contributed by atoms with E-state index in [4.69, 9.17) is 20.2 Å². The second-order valence-electron chi connectivity index (χ2n) is 5.06. The molecule has 1 saturated carbocycles. The molecule has 0 unspecified atom stereocenters. The van der Waals surface area contributed by atoms with E-state index >= 15 is 0 Å². The van der Waals surface area contributed by atoms with Gasteiger partial charge in [-0.1, -0.05) is 0 Å². The molecule has 3 rings (SSSR count). The molecule has 0 atom stereocenters. The average Bonchev–Trinajstić information content (AvgIpc) is 3.26. The molecule has 4 nitrogen and oxygen atoms in total. The molecule has 1 heterocycles. The van der Waals surface area contributed by atoms with Crippen LogP contribution in [0.4, 0.5) is 5.69 Å². The van der Waals surface area contributed by atoms with Crippen molar-refractivity contribution in [1.29, 1.82) is 0 Å². The Morgan fingerprint density at radius 2 is 1.80 bits per heavy atom. The van der Waals surface area contributed by atoms with Crippen molar-refractivity contribution < 1.29 is 9.47 Å². The third-order valence-corrected chi connectivity index (χ3v) is 3.53. The van der Waals surface area contributed by atoms with Crippen molar-refractivity contribution in [3.05, 3.63) is 23.9 Å². The summed E-state index contributed by atoms with van der Waals surface area (Å²) in [6, 6.07) is 5.81. The second-order valence-corrected chi connectivity index (χ2v) is 5.06. The van der Waals surface area contributed by atoms with Gasteiger partial charge < -0.3 is 15.2 Å². The molecule has 20 heavy (non-hydrogen) atoms. The Balaban J connectivity index is 2.22. The first-order chi connectivity index (χ1) is 9.74. The van der Waals surface area contributed by atoms with Gasteiger partial charge in [0.1, 0.15) is 17.0 Å². The Kier molecular flexibility index (Phi) is 3.38. The van der Waals surface area contributed by atoms with Crippen molar-refractivity contribution in [2.75, 3.05) is 18.9 Å². The second kappa shape index (κ2) is 5.19. The van der Waals surface area contributed by atoms with Gasteiger partial charge in [-0.15, -0.1) is 0 Å². The van der Waals surface area contributed by atoms with Crippen molar-refractivity contribution in [2.24, 2.45) is 0 Å². The van der Waals surface area contributed by atoms with Gasteiger partial charge in [0.05, 0.1) is 18.6 Å². The van der Waals surface area contributed by atoms with Crippen molar-refractivity contribution in [3.63, 3.8) is 0 Å². The molecule has 1 fully saturated rings. The molecular formula is C16H20N2O2. The zero-order valence-electron chi connectivity index (χ0n) is 12.0. The first-order valence-corrected chi connectivity index (χ1v) is 7.23. The number of benzene rings is 1. The van der Waals surface area contributed by atoms with Crippen LogP contribution in [0.2, 0.25) is 0 Å². The fourth-order valence-electron chi connectivity index (χ4n) is 2.47. The zero-order valence-corrected chi connectivity index (χ0v) is 12.0. The predicted molar refractivity (Wildman–Crippen MR) is 80.5 cm³/mol. The van der Waals surface area contributed by atoms with Crippen molar-refractivity contribution in [2.45, 2.75) is 32.6 Å². The number of nitrogens with zero attached hydrogens (tertiary/aromatic N) is 1. The van der Waals surface area contributed by atoms with Gasteiger partial charge >= 0.3 is 0 Å². The van der Waals surface area contributed by atoms with Crippen LogP contribution in [-0.4, -0.2) is 18.2 Å². The number of hydrogen-bond donors (Lipinski definition) is 1. The van der Waals surface area contributed by atoms with Crippen molar-refractivity contribution >= 4 is 16.6 Å². The van der Waals surface area contributed by atoms with E-state index in [0.717, 1.165) is 33.8 Å². The van der Waals surface area contributed by atoms with Gasteiger partial charge in [-0.25, -0.2) is 4.98 Å². The van der Waals surface area contributed by atoms with Crippen LogP contribution in [0.25, 0.3) is 10.9 Å². The third kappa shape index (κ3) is 2.26. The minimum atomic E-state index is 0.562. The largest absolute Gasteiger partial charge is 0.493 e. The van der Waals surface area contributed by atoms with Gasteiger partial charge in [0.25, 0.3) is 0 Å². The molecule has 2 N–H and O–H groups in total. The molecule has 1 aromatic heterocycles. The lowest BCUT2D eigenvalue weighted by atomic mass is 10.1. The van der Waals surface area contributed by atoms with Crippen LogP contribution in [0.5, 0.6) is 11.5 Å². The lowest BCUT2D eigenvalue weighted by Gasteiger charge is -2.14. The summed E-state index contributed by atoms with van der Waals surface area (Å²) < 4.78 is 11.4. The van der Waals surface area contributed by atoms with Gasteiger partial charge in [0, 0.05) is 17.3 Å². The first-order valence-electron chi connectivity index (χ1n) is 7.23. The van der Waals surface area contributed by atoms with Crippen molar-refractivity contribution in [1.82, 2.24) is 4.98 Å². The van der Waals surface area contributed by atoms with Gasteiger partial charge in [-0.2, -0.15) is 0 Å². The Hall–Kier alpha value is -1.97. The van der Waals surface area contributed by atoms with Gasteiger partial charge in [0.2, 0.25) is 0 Å². The lowest BCUT2D eigenvalue weighted by molar-refractivity contribution is 0.336. The molecule has 106 valence electrons. The summed E-state index contributed by atoms with van der Waals surface area (Å²) in [4.78, 5) is 4.77. The van der Waals surface area contributed by atoms with E-state index in [0.29, 0.717) is 19.1 Å². The zero-order chi connectivity index (χ0) is 14.1. The molecule has 0 bridgehead atoms. The number of hydrogen-bond acceptors (Lipinski definition) is 4. The molecule has 4 heteroatoms. The minimum absolute atomic E-state index is 0.562. The van der Waals surface area contributed by atoms with Gasteiger partial charge in [-0.05, 0) is 44.9 Å². The van der Waals surface area contributed by atoms with E-state index in [1.165, 1.54) is 12.8 Å². The molecule has 0 aliphatic heterocycles. The van der Waals surface area contributed by atoms with Crippen LogP contribution < -0.4 is 15.2 Å². The monoisotopic (exact) mass is 272 g/mol. The number of pyridine rings is 1. The highest BCUT2D eigenvalue weighted by molar-refractivity contribution is 5.99. The highest BCUT2D eigenvalue weighted by atomic mass is 16.5. The smallest absolute Gasteiger partial charge is 0.145 e. The van der Waals surface area contributed by atoms with Crippen LogP contribution in [0, 0.1) is 0 Å². The molecule has 0 amide bonds. The van der Waals surface area contributed by atoms with Crippen LogP contribution in [0.15, 0.2) is 18.2 Å². The molecule has 1 aliphatic rings. The molecule has 0 spiro atoms. The highest BCUT2D eigenvalue weighted by Crippen LogP contribution is 2.43. The first kappa shape index (κ1) is 13.0. The number of ether oxygens (including phenoxy) is 2. The molecular weight excluding hydrogens is 252 g/mol. The standard InChI is InChI=1S/C16H20N2O2/c1-3-19-13-7-8-14(20-4-2)16-15(13)11(17)9-12(18-16)10-5-6-10/h7-10H,3-6H2,1-2H3,(H2,17,18). The van der Waals surface area contributed by atoms with Gasteiger partial charge in [-0.3, -0.25) is 0 Å². The van der Waals surface area contributed by atoms with E-state index in [1.54, 1.807) is 0 Å². The molecule has 0 saturated heterocycles. The SMILES string of the molecule is CCOc1ccc(OCC)c2c(N)cc(C3CC3)nc12. The summed E-state index contributed by atoms with van der Waals surface area (Å²) in [6.07, 6.45) is 2.40.